The van der Waals surface area contributed by atoms with Crippen LogP contribution in [0.5, 0.6) is 0 Å². The maximum Gasteiger partial charge on any atom is 0.224 e. The lowest BCUT2D eigenvalue weighted by Gasteiger charge is -2.03. The molecule has 0 fully saturated rings. The summed E-state index contributed by atoms with van der Waals surface area (Å²) in [5.74, 6) is 1.06. The number of hydrogen-bond donors (Lipinski definition) is 2. The SMILES string of the molecule is O=C(Cc1ccsc1)NCCCc1ncc[nH]1. The predicted molar refractivity (Wildman–Crippen MR) is 67.9 cm³/mol. The van der Waals surface area contributed by atoms with E-state index in [0.29, 0.717) is 13.0 Å². The van der Waals surface area contributed by atoms with Crippen LogP contribution in [0.3, 0.4) is 0 Å². The second-order valence-electron chi connectivity index (χ2n) is 3.80. The molecule has 5 heteroatoms. The highest BCUT2D eigenvalue weighted by molar-refractivity contribution is 7.07. The Kier molecular flexibility index (Phi) is 4.32. The van der Waals surface area contributed by atoms with Crippen molar-refractivity contribution in [3.8, 4) is 0 Å². The van der Waals surface area contributed by atoms with E-state index in [2.05, 4.69) is 15.3 Å². The van der Waals surface area contributed by atoms with Crippen molar-refractivity contribution < 1.29 is 4.79 Å². The highest BCUT2D eigenvalue weighted by atomic mass is 32.1. The summed E-state index contributed by atoms with van der Waals surface area (Å²) in [6.07, 6.45) is 5.80. The fourth-order valence-electron chi connectivity index (χ4n) is 1.56. The van der Waals surface area contributed by atoms with Crippen LogP contribution in [-0.2, 0) is 17.6 Å². The normalized spacial score (nSPS) is 10.4. The summed E-state index contributed by atoms with van der Waals surface area (Å²) < 4.78 is 0. The van der Waals surface area contributed by atoms with Gasteiger partial charge in [0.05, 0.1) is 6.42 Å². The van der Waals surface area contributed by atoms with Crippen LogP contribution < -0.4 is 5.32 Å². The Morgan fingerprint density at radius 3 is 3.18 bits per heavy atom. The van der Waals surface area contributed by atoms with Crippen molar-refractivity contribution in [3.05, 3.63) is 40.6 Å². The smallest absolute Gasteiger partial charge is 0.224 e. The summed E-state index contributed by atoms with van der Waals surface area (Å²) in [6, 6.07) is 1.98. The van der Waals surface area contributed by atoms with Gasteiger partial charge in [0.2, 0.25) is 5.91 Å². The second kappa shape index (κ2) is 6.20. The van der Waals surface area contributed by atoms with Crippen molar-refractivity contribution >= 4 is 17.2 Å². The third-order valence-electron chi connectivity index (χ3n) is 2.41. The average molecular weight is 249 g/mol. The number of thiophene rings is 1. The lowest BCUT2D eigenvalue weighted by atomic mass is 10.2. The molecule has 0 aliphatic carbocycles. The first-order valence-corrected chi connectivity index (χ1v) is 6.55. The zero-order valence-corrected chi connectivity index (χ0v) is 10.3. The van der Waals surface area contributed by atoms with Gasteiger partial charge < -0.3 is 10.3 Å². The van der Waals surface area contributed by atoms with Gasteiger partial charge in [0.15, 0.2) is 0 Å². The molecular formula is C12H15N3OS. The number of rotatable bonds is 6. The minimum Gasteiger partial charge on any atom is -0.356 e. The lowest BCUT2D eigenvalue weighted by molar-refractivity contribution is -0.120. The maximum absolute atomic E-state index is 11.5. The standard InChI is InChI=1S/C12H15N3OS/c16-12(8-10-3-7-17-9-10)15-4-1-2-11-13-5-6-14-11/h3,5-7,9H,1-2,4,8H2,(H,13,14)(H,15,16). The van der Waals surface area contributed by atoms with E-state index in [9.17, 15) is 4.79 Å². The monoisotopic (exact) mass is 249 g/mol. The van der Waals surface area contributed by atoms with Crippen LogP contribution in [0.1, 0.15) is 17.8 Å². The molecule has 2 N–H and O–H groups in total. The predicted octanol–water partition coefficient (Wildman–Crippen LogP) is 1.76. The molecule has 0 bridgehead atoms. The summed E-state index contributed by atoms with van der Waals surface area (Å²) in [5, 5.41) is 6.90. The number of aromatic nitrogens is 2. The van der Waals surface area contributed by atoms with Crippen molar-refractivity contribution in [3.63, 3.8) is 0 Å². The van der Waals surface area contributed by atoms with Gasteiger partial charge in [-0.1, -0.05) is 0 Å². The Bertz CT molecular complexity index is 436. The largest absolute Gasteiger partial charge is 0.356 e. The Labute approximate surface area is 104 Å². The van der Waals surface area contributed by atoms with E-state index in [1.807, 2.05) is 23.0 Å². The number of aryl methyl sites for hydroxylation is 1. The van der Waals surface area contributed by atoms with E-state index in [1.165, 1.54) is 0 Å². The molecule has 0 saturated heterocycles. The van der Waals surface area contributed by atoms with E-state index in [-0.39, 0.29) is 5.91 Å². The summed E-state index contributed by atoms with van der Waals surface area (Å²) >= 11 is 1.62. The molecule has 2 heterocycles. The fourth-order valence-corrected chi connectivity index (χ4v) is 2.23. The highest BCUT2D eigenvalue weighted by Gasteiger charge is 2.03. The quantitative estimate of drug-likeness (QED) is 0.766. The molecule has 0 aromatic carbocycles. The van der Waals surface area contributed by atoms with Gasteiger partial charge in [-0.2, -0.15) is 11.3 Å². The molecular weight excluding hydrogens is 234 g/mol. The van der Waals surface area contributed by atoms with Crippen LogP contribution in [0, 0.1) is 0 Å². The van der Waals surface area contributed by atoms with Crippen LogP contribution in [0.4, 0.5) is 0 Å². The molecule has 2 rings (SSSR count). The van der Waals surface area contributed by atoms with Crippen molar-refractivity contribution in [2.45, 2.75) is 19.3 Å². The molecule has 0 unspecified atom stereocenters. The number of nitrogens with one attached hydrogen (secondary N) is 2. The van der Waals surface area contributed by atoms with Crippen LogP contribution in [0.2, 0.25) is 0 Å². The molecule has 0 saturated carbocycles. The fraction of sp³-hybridized carbons (Fsp3) is 0.333. The number of hydrogen-bond acceptors (Lipinski definition) is 3. The molecule has 0 spiro atoms. The zero-order valence-electron chi connectivity index (χ0n) is 9.48. The van der Waals surface area contributed by atoms with Crippen molar-refractivity contribution in [1.29, 1.82) is 0 Å². The number of carbonyl (C=O) groups excluding carboxylic acids is 1. The molecule has 90 valence electrons. The zero-order chi connectivity index (χ0) is 11.9. The van der Waals surface area contributed by atoms with E-state index in [4.69, 9.17) is 0 Å². The highest BCUT2D eigenvalue weighted by Crippen LogP contribution is 2.06. The maximum atomic E-state index is 11.5. The topological polar surface area (TPSA) is 57.8 Å². The molecule has 0 aliphatic heterocycles. The summed E-state index contributed by atoms with van der Waals surface area (Å²) in [5.41, 5.74) is 1.08. The van der Waals surface area contributed by atoms with Gasteiger partial charge in [-0.25, -0.2) is 4.98 Å². The van der Waals surface area contributed by atoms with Crippen molar-refractivity contribution in [2.24, 2.45) is 0 Å². The number of nitrogens with zero attached hydrogens (tertiary/aromatic N) is 1. The number of amides is 1. The number of carbonyl (C=O) groups is 1. The van der Waals surface area contributed by atoms with Gasteiger partial charge in [-0.05, 0) is 28.8 Å². The first kappa shape index (κ1) is 11.9. The van der Waals surface area contributed by atoms with Crippen LogP contribution >= 0.6 is 11.3 Å². The molecule has 0 radical (unpaired) electrons. The number of aromatic amines is 1. The van der Waals surface area contributed by atoms with Gasteiger partial charge in [0.25, 0.3) is 0 Å². The van der Waals surface area contributed by atoms with Crippen LogP contribution in [-0.4, -0.2) is 22.4 Å². The Hall–Kier alpha value is -1.62. The van der Waals surface area contributed by atoms with Gasteiger partial charge in [0.1, 0.15) is 5.82 Å². The Morgan fingerprint density at radius 2 is 2.47 bits per heavy atom. The van der Waals surface area contributed by atoms with Gasteiger partial charge in [-0.3, -0.25) is 4.79 Å². The third-order valence-corrected chi connectivity index (χ3v) is 3.14. The lowest BCUT2D eigenvalue weighted by Crippen LogP contribution is -2.26. The van der Waals surface area contributed by atoms with E-state index >= 15 is 0 Å². The van der Waals surface area contributed by atoms with E-state index in [1.54, 1.807) is 17.5 Å². The van der Waals surface area contributed by atoms with E-state index < -0.39 is 0 Å². The van der Waals surface area contributed by atoms with Crippen molar-refractivity contribution in [2.75, 3.05) is 6.54 Å². The molecule has 1 amide bonds. The van der Waals surface area contributed by atoms with E-state index in [0.717, 1.165) is 24.2 Å². The van der Waals surface area contributed by atoms with Gasteiger partial charge in [0, 0.05) is 25.4 Å². The second-order valence-corrected chi connectivity index (χ2v) is 4.58. The molecule has 0 atom stereocenters. The van der Waals surface area contributed by atoms with Gasteiger partial charge in [-0.15, -0.1) is 0 Å². The molecule has 0 aliphatic rings. The minimum absolute atomic E-state index is 0.0860. The molecule has 4 nitrogen and oxygen atoms in total. The summed E-state index contributed by atoms with van der Waals surface area (Å²) in [4.78, 5) is 18.7. The minimum atomic E-state index is 0.0860. The molecule has 17 heavy (non-hydrogen) atoms. The average Bonchev–Trinajstić information content (AvgIpc) is 2.96. The Balaban J connectivity index is 1.60. The van der Waals surface area contributed by atoms with Gasteiger partial charge >= 0.3 is 0 Å². The molecule has 2 aromatic rings. The van der Waals surface area contributed by atoms with Crippen LogP contribution in [0.15, 0.2) is 29.2 Å². The first-order chi connectivity index (χ1) is 8.34. The van der Waals surface area contributed by atoms with Crippen LogP contribution in [0.25, 0.3) is 0 Å². The van der Waals surface area contributed by atoms with Crippen molar-refractivity contribution in [1.82, 2.24) is 15.3 Å². The Morgan fingerprint density at radius 1 is 1.53 bits per heavy atom. The summed E-state index contributed by atoms with van der Waals surface area (Å²) in [6.45, 7) is 0.698. The number of H-pyrrole nitrogens is 1. The number of imidazole rings is 1. The first-order valence-electron chi connectivity index (χ1n) is 5.60. The summed E-state index contributed by atoms with van der Waals surface area (Å²) in [7, 11) is 0. The third kappa shape index (κ3) is 4.03. The molecule has 2 aromatic heterocycles.